The zero-order valence-electron chi connectivity index (χ0n) is 11.1. The van der Waals surface area contributed by atoms with Crippen molar-refractivity contribution < 1.29 is 26.4 Å². The van der Waals surface area contributed by atoms with Crippen molar-refractivity contribution in [1.29, 1.82) is 0 Å². The molecular weight excluding hydrogens is 343 g/mol. The molecule has 120 valence electrons. The van der Waals surface area contributed by atoms with E-state index >= 15 is 0 Å². The molecule has 2 rings (SSSR count). The van der Waals surface area contributed by atoms with Crippen molar-refractivity contribution in [3.05, 3.63) is 39.8 Å². The molecular formula is C13H11ClF3NO3S. The predicted molar refractivity (Wildman–Crippen MR) is 75.9 cm³/mol. The molecule has 0 saturated heterocycles. The summed E-state index contributed by atoms with van der Waals surface area (Å²) in [5.74, 6) is -0.610. The highest BCUT2D eigenvalue weighted by atomic mass is 35.5. The molecule has 0 radical (unpaired) electrons. The quantitative estimate of drug-likeness (QED) is 0.900. The molecule has 0 bridgehead atoms. The van der Waals surface area contributed by atoms with Crippen LogP contribution < -0.4 is 4.72 Å². The fourth-order valence-electron chi connectivity index (χ4n) is 2.03. The van der Waals surface area contributed by atoms with E-state index in [4.69, 9.17) is 11.6 Å². The van der Waals surface area contributed by atoms with Gasteiger partial charge in [-0.3, -0.25) is 9.52 Å². The van der Waals surface area contributed by atoms with Crippen molar-refractivity contribution in [3.63, 3.8) is 0 Å². The Bertz CT molecular complexity index is 741. The van der Waals surface area contributed by atoms with E-state index < -0.39 is 38.1 Å². The van der Waals surface area contributed by atoms with Crippen LogP contribution in [0.5, 0.6) is 0 Å². The monoisotopic (exact) mass is 353 g/mol. The average molecular weight is 354 g/mol. The number of hydrogen-bond acceptors (Lipinski definition) is 3. The van der Waals surface area contributed by atoms with Gasteiger partial charge in [-0.2, -0.15) is 13.2 Å². The third-order valence-electron chi connectivity index (χ3n) is 3.03. The Kier molecular flexibility index (Phi) is 4.53. The minimum atomic E-state index is -4.78. The van der Waals surface area contributed by atoms with Gasteiger partial charge in [0.25, 0.3) is 10.0 Å². The Morgan fingerprint density at radius 2 is 1.91 bits per heavy atom. The molecule has 0 heterocycles. The SMILES string of the molecule is O=C1CCCC=C1S(=O)(=O)Nc1ccc(Cl)cc1C(F)(F)F. The maximum Gasteiger partial charge on any atom is 0.418 e. The van der Waals surface area contributed by atoms with Crippen LogP contribution in [-0.4, -0.2) is 14.2 Å². The van der Waals surface area contributed by atoms with Gasteiger partial charge in [-0.1, -0.05) is 17.7 Å². The molecule has 4 nitrogen and oxygen atoms in total. The molecule has 0 atom stereocenters. The third kappa shape index (κ3) is 3.61. The fourth-order valence-corrected chi connectivity index (χ4v) is 3.52. The van der Waals surface area contributed by atoms with Crippen molar-refractivity contribution in [3.8, 4) is 0 Å². The predicted octanol–water partition coefficient (Wildman–Crippen LogP) is 3.74. The maximum atomic E-state index is 12.9. The number of nitrogens with one attached hydrogen (secondary N) is 1. The molecule has 1 aromatic rings. The van der Waals surface area contributed by atoms with E-state index in [1.165, 1.54) is 6.08 Å². The standard InChI is InChI=1S/C13H11ClF3NO3S/c14-8-5-6-10(9(7-8)13(15,16)17)18-22(20,21)12-4-2-1-3-11(12)19/h4-7,18H,1-3H2. The fraction of sp³-hybridized carbons (Fsp3) is 0.308. The molecule has 0 amide bonds. The molecule has 0 fully saturated rings. The lowest BCUT2D eigenvalue weighted by molar-refractivity contribution is -0.136. The Morgan fingerprint density at radius 3 is 2.50 bits per heavy atom. The van der Waals surface area contributed by atoms with E-state index in [2.05, 4.69) is 0 Å². The second-order valence-electron chi connectivity index (χ2n) is 4.68. The maximum absolute atomic E-state index is 12.9. The summed E-state index contributed by atoms with van der Waals surface area (Å²) < 4.78 is 64.9. The number of sulfonamides is 1. The van der Waals surface area contributed by atoms with Crippen LogP contribution in [0.1, 0.15) is 24.8 Å². The van der Waals surface area contributed by atoms with Crippen LogP contribution in [0.15, 0.2) is 29.2 Å². The molecule has 1 aliphatic rings. The number of rotatable bonds is 3. The summed E-state index contributed by atoms with van der Waals surface area (Å²) in [6.07, 6.45) is -2.61. The molecule has 0 aromatic heterocycles. The summed E-state index contributed by atoms with van der Waals surface area (Å²) in [6, 6.07) is 2.67. The second kappa shape index (κ2) is 5.92. The number of carbonyl (C=O) groups is 1. The Morgan fingerprint density at radius 1 is 1.23 bits per heavy atom. The lowest BCUT2D eigenvalue weighted by Gasteiger charge is -2.17. The van der Waals surface area contributed by atoms with Crippen molar-refractivity contribution in [2.45, 2.75) is 25.4 Å². The van der Waals surface area contributed by atoms with Crippen molar-refractivity contribution in [2.75, 3.05) is 4.72 Å². The van der Waals surface area contributed by atoms with E-state index in [-0.39, 0.29) is 11.4 Å². The summed E-state index contributed by atoms with van der Waals surface area (Å²) in [7, 11) is -4.36. The van der Waals surface area contributed by atoms with Gasteiger partial charge < -0.3 is 0 Å². The molecule has 9 heteroatoms. The molecule has 0 spiro atoms. The number of hydrogen-bond donors (Lipinski definition) is 1. The van der Waals surface area contributed by atoms with Gasteiger partial charge in [0.1, 0.15) is 4.91 Å². The largest absolute Gasteiger partial charge is 0.418 e. The second-order valence-corrected chi connectivity index (χ2v) is 6.76. The Balaban J connectivity index is 2.43. The smallest absolute Gasteiger partial charge is 0.293 e. The van der Waals surface area contributed by atoms with E-state index in [1.807, 2.05) is 4.72 Å². The zero-order valence-corrected chi connectivity index (χ0v) is 12.6. The summed E-state index contributed by atoms with van der Waals surface area (Å²) in [6.45, 7) is 0. The molecule has 0 saturated carbocycles. The van der Waals surface area contributed by atoms with E-state index in [1.54, 1.807) is 0 Å². The van der Waals surface area contributed by atoms with Gasteiger partial charge in [-0.05, 0) is 31.0 Å². The van der Waals surface area contributed by atoms with Gasteiger partial charge in [0.15, 0.2) is 5.78 Å². The van der Waals surface area contributed by atoms with Crippen LogP contribution in [0.25, 0.3) is 0 Å². The Labute approximate surface area is 130 Å². The molecule has 22 heavy (non-hydrogen) atoms. The number of carbonyl (C=O) groups excluding carboxylic acids is 1. The molecule has 0 aliphatic heterocycles. The number of benzene rings is 1. The number of allylic oxidation sites excluding steroid dienone is 2. The first-order valence-electron chi connectivity index (χ1n) is 6.24. The van der Waals surface area contributed by atoms with E-state index in [9.17, 15) is 26.4 Å². The number of halogens is 4. The average Bonchev–Trinajstić information content (AvgIpc) is 2.39. The number of ketones is 1. The molecule has 1 N–H and O–H groups in total. The highest BCUT2D eigenvalue weighted by molar-refractivity contribution is 7.97. The molecule has 0 unspecified atom stereocenters. The van der Waals surface area contributed by atoms with Gasteiger partial charge in [0, 0.05) is 11.4 Å². The number of alkyl halides is 3. The van der Waals surface area contributed by atoms with Gasteiger partial charge in [0.05, 0.1) is 11.3 Å². The van der Waals surface area contributed by atoms with E-state index in [0.29, 0.717) is 18.9 Å². The number of Topliss-reactive ketones (excluding diaryl/α,β-unsaturated/α-hetero) is 1. The minimum Gasteiger partial charge on any atom is -0.293 e. The summed E-state index contributed by atoms with van der Waals surface area (Å²) in [5.41, 5.74) is -1.89. The van der Waals surface area contributed by atoms with Gasteiger partial charge >= 0.3 is 6.18 Å². The minimum absolute atomic E-state index is 0.0550. The van der Waals surface area contributed by atoms with Crippen LogP contribution in [0.2, 0.25) is 5.02 Å². The molecule has 1 aliphatic carbocycles. The summed E-state index contributed by atoms with van der Waals surface area (Å²) in [4.78, 5) is 11.1. The lowest BCUT2D eigenvalue weighted by Crippen LogP contribution is -2.24. The van der Waals surface area contributed by atoms with Crippen LogP contribution in [0, 0.1) is 0 Å². The van der Waals surface area contributed by atoms with Crippen molar-refractivity contribution >= 4 is 33.1 Å². The van der Waals surface area contributed by atoms with Crippen LogP contribution >= 0.6 is 11.6 Å². The van der Waals surface area contributed by atoms with E-state index in [0.717, 1.165) is 12.1 Å². The summed E-state index contributed by atoms with van der Waals surface area (Å²) in [5, 5.41) is -0.178. The van der Waals surface area contributed by atoms with Gasteiger partial charge in [-0.15, -0.1) is 0 Å². The van der Waals surface area contributed by atoms with Crippen LogP contribution in [0.4, 0.5) is 18.9 Å². The normalized spacial score (nSPS) is 16.4. The highest BCUT2D eigenvalue weighted by Gasteiger charge is 2.36. The molecule has 1 aromatic carbocycles. The van der Waals surface area contributed by atoms with Gasteiger partial charge in [-0.25, -0.2) is 8.42 Å². The van der Waals surface area contributed by atoms with Gasteiger partial charge in [0.2, 0.25) is 0 Å². The third-order valence-corrected chi connectivity index (χ3v) is 4.73. The Hall–Kier alpha value is -1.54. The zero-order chi connectivity index (χ0) is 16.5. The first-order valence-corrected chi connectivity index (χ1v) is 8.10. The van der Waals surface area contributed by atoms with Crippen molar-refractivity contribution in [1.82, 2.24) is 0 Å². The topological polar surface area (TPSA) is 63.2 Å². The van der Waals surface area contributed by atoms with Crippen LogP contribution in [0.3, 0.4) is 0 Å². The van der Waals surface area contributed by atoms with Crippen LogP contribution in [-0.2, 0) is 21.0 Å². The van der Waals surface area contributed by atoms with Crippen molar-refractivity contribution in [2.24, 2.45) is 0 Å². The lowest BCUT2D eigenvalue weighted by atomic mass is 10.1. The summed E-state index contributed by atoms with van der Waals surface area (Å²) >= 11 is 5.52. The number of anilines is 1. The first kappa shape index (κ1) is 16.8. The highest BCUT2D eigenvalue weighted by Crippen LogP contribution is 2.37. The first-order chi connectivity index (χ1) is 10.1.